The number of anilines is 1. The molecule has 1 aromatic rings. The third-order valence-corrected chi connectivity index (χ3v) is 1.60. The minimum absolute atomic E-state index is 0.143. The lowest BCUT2D eigenvalue weighted by Gasteiger charge is -2.00. The van der Waals surface area contributed by atoms with Gasteiger partial charge in [-0.1, -0.05) is 0 Å². The summed E-state index contributed by atoms with van der Waals surface area (Å²) < 4.78 is 12.9. The minimum atomic E-state index is -0.641. The smallest absolute Gasteiger partial charge is 0.237 e. The molecule has 0 bridgehead atoms. The van der Waals surface area contributed by atoms with Crippen LogP contribution in [0.15, 0.2) is 23.3 Å². The molecule has 0 fully saturated rings. The summed E-state index contributed by atoms with van der Waals surface area (Å²) in [7, 11) is 0. The van der Waals surface area contributed by atoms with Crippen LogP contribution >= 0.6 is 0 Å². The molecule has 0 aliphatic rings. The van der Waals surface area contributed by atoms with Crippen LogP contribution < -0.4 is 5.43 Å². The Morgan fingerprint density at radius 2 is 1.94 bits per heavy atom. The van der Waals surface area contributed by atoms with Gasteiger partial charge >= 0.3 is 0 Å². The molecule has 5 nitrogen and oxygen atoms in total. The van der Waals surface area contributed by atoms with Gasteiger partial charge in [0.15, 0.2) is 0 Å². The van der Waals surface area contributed by atoms with Crippen LogP contribution in [0.2, 0.25) is 0 Å². The highest BCUT2D eigenvalue weighted by molar-refractivity contribution is 6.10. The molecule has 0 amide bonds. The zero-order chi connectivity index (χ0) is 12.0. The topological polar surface area (TPSA) is 95.8 Å². The van der Waals surface area contributed by atoms with E-state index in [1.807, 2.05) is 0 Å². The van der Waals surface area contributed by atoms with Crippen molar-refractivity contribution in [3.8, 4) is 18.2 Å². The first-order chi connectivity index (χ1) is 7.71. The van der Waals surface area contributed by atoms with E-state index in [0.717, 1.165) is 6.07 Å². The van der Waals surface area contributed by atoms with Gasteiger partial charge in [0, 0.05) is 0 Å². The van der Waals surface area contributed by atoms with Gasteiger partial charge in [-0.2, -0.15) is 20.9 Å². The molecule has 0 aromatic heterocycles. The summed E-state index contributed by atoms with van der Waals surface area (Å²) in [5, 5.41) is 28.8. The number of hydrogen-bond acceptors (Lipinski definition) is 5. The second-order valence-corrected chi connectivity index (χ2v) is 2.60. The van der Waals surface area contributed by atoms with Crippen molar-refractivity contribution in [2.45, 2.75) is 0 Å². The molecule has 1 aromatic carbocycles. The first-order valence-corrected chi connectivity index (χ1v) is 4.05. The van der Waals surface area contributed by atoms with Gasteiger partial charge in [0.05, 0.1) is 11.3 Å². The second-order valence-electron chi connectivity index (χ2n) is 2.60. The van der Waals surface area contributed by atoms with Crippen LogP contribution in [0.25, 0.3) is 0 Å². The highest BCUT2D eigenvalue weighted by Gasteiger charge is 2.02. The summed E-state index contributed by atoms with van der Waals surface area (Å²) in [5.41, 5.74) is 2.19. The van der Waals surface area contributed by atoms with Crippen LogP contribution in [0, 0.1) is 39.8 Å². The fourth-order valence-corrected chi connectivity index (χ4v) is 0.876. The summed E-state index contributed by atoms with van der Waals surface area (Å²) in [6, 6.07) is 8.42. The molecule has 0 aliphatic carbocycles. The van der Waals surface area contributed by atoms with E-state index in [1.165, 1.54) is 12.1 Å². The van der Waals surface area contributed by atoms with Crippen LogP contribution in [0.3, 0.4) is 0 Å². The Morgan fingerprint density at radius 3 is 2.50 bits per heavy atom. The van der Waals surface area contributed by atoms with E-state index in [0.29, 0.717) is 5.69 Å². The van der Waals surface area contributed by atoms with E-state index in [4.69, 9.17) is 15.8 Å². The Morgan fingerprint density at radius 1 is 1.25 bits per heavy atom. The fourth-order valence-electron chi connectivity index (χ4n) is 0.876. The predicted molar refractivity (Wildman–Crippen MR) is 53.4 cm³/mol. The average Bonchev–Trinajstić information content (AvgIpc) is 2.32. The molecule has 1 N–H and O–H groups in total. The maximum Gasteiger partial charge on any atom is 0.237 e. The number of nitrogens with one attached hydrogen (secondary N) is 1. The zero-order valence-electron chi connectivity index (χ0n) is 7.90. The molecule has 0 unspecified atom stereocenters. The van der Waals surface area contributed by atoms with E-state index >= 15 is 0 Å². The van der Waals surface area contributed by atoms with Crippen LogP contribution in [0.1, 0.15) is 5.56 Å². The Bertz CT molecular complexity index is 540. The highest BCUT2D eigenvalue weighted by atomic mass is 19.1. The number of rotatable bonds is 2. The zero-order valence-corrected chi connectivity index (χ0v) is 7.90. The SMILES string of the molecule is N#CC(C#N)=NNc1ccc(F)c(C#N)c1. The lowest BCUT2D eigenvalue weighted by atomic mass is 10.2. The van der Waals surface area contributed by atoms with E-state index in [1.54, 1.807) is 18.2 Å². The quantitative estimate of drug-likeness (QED) is 0.594. The normalized spacial score (nSPS) is 8.12. The second kappa shape index (κ2) is 5.09. The molecule has 76 valence electrons. The Labute approximate surface area is 90.6 Å². The molecular weight excluding hydrogens is 209 g/mol. The Kier molecular flexibility index (Phi) is 3.55. The van der Waals surface area contributed by atoms with Crippen molar-refractivity contribution in [1.82, 2.24) is 0 Å². The number of nitriles is 3. The van der Waals surface area contributed by atoms with Crippen LogP contribution in [0.5, 0.6) is 0 Å². The number of hydrogen-bond donors (Lipinski definition) is 1. The van der Waals surface area contributed by atoms with Crippen molar-refractivity contribution in [3.63, 3.8) is 0 Å². The van der Waals surface area contributed by atoms with Gasteiger partial charge in [-0.05, 0) is 18.2 Å². The fraction of sp³-hybridized carbons (Fsp3) is 0. The van der Waals surface area contributed by atoms with Gasteiger partial charge in [0.1, 0.15) is 24.0 Å². The molecule has 0 radical (unpaired) electrons. The number of nitrogens with zero attached hydrogens (tertiary/aromatic N) is 4. The summed E-state index contributed by atoms with van der Waals surface area (Å²) in [5.74, 6) is -0.641. The van der Waals surface area contributed by atoms with Gasteiger partial charge in [-0.3, -0.25) is 5.43 Å². The van der Waals surface area contributed by atoms with Gasteiger partial charge in [-0.25, -0.2) is 4.39 Å². The highest BCUT2D eigenvalue weighted by Crippen LogP contribution is 2.13. The maximum absolute atomic E-state index is 12.9. The Balaban J connectivity index is 2.94. The molecule has 1 rings (SSSR count). The summed E-state index contributed by atoms with van der Waals surface area (Å²) in [6.45, 7) is 0. The predicted octanol–water partition coefficient (Wildman–Crippen LogP) is 1.51. The molecule has 0 saturated carbocycles. The molecule has 0 aliphatic heterocycles. The first kappa shape index (κ1) is 11.2. The summed E-state index contributed by atoms with van der Waals surface area (Å²) >= 11 is 0. The van der Waals surface area contributed by atoms with Gasteiger partial charge in [-0.15, -0.1) is 0 Å². The molecule has 16 heavy (non-hydrogen) atoms. The van der Waals surface area contributed by atoms with Crippen molar-refractivity contribution in [3.05, 3.63) is 29.6 Å². The van der Waals surface area contributed by atoms with E-state index in [-0.39, 0.29) is 11.3 Å². The third kappa shape index (κ3) is 2.54. The van der Waals surface area contributed by atoms with Crippen molar-refractivity contribution in [2.75, 3.05) is 5.43 Å². The largest absolute Gasteiger partial charge is 0.276 e. The van der Waals surface area contributed by atoms with Gasteiger partial charge in [0.2, 0.25) is 5.71 Å². The maximum atomic E-state index is 12.9. The monoisotopic (exact) mass is 213 g/mol. The van der Waals surface area contributed by atoms with Crippen molar-refractivity contribution >= 4 is 11.4 Å². The average molecular weight is 213 g/mol. The van der Waals surface area contributed by atoms with Gasteiger partial charge < -0.3 is 0 Å². The Hall–Kier alpha value is -2.91. The van der Waals surface area contributed by atoms with E-state index in [2.05, 4.69) is 10.5 Å². The van der Waals surface area contributed by atoms with E-state index < -0.39 is 5.82 Å². The minimum Gasteiger partial charge on any atom is -0.276 e. The molecule has 0 atom stereocenters. The first-order valence-electron chi connectivity index (χ1n) is 4.05. The molecule has 0 heterocycles. The third-order valence-electron chi connectivity index (χ3n) is 1.60. The lowest BCUT2D eigenvalue weighted by molar-refractivity contribution is 0.624. The summed E-state index contributed by atoms with van der Waals surface area (Å²) in [6.07, 6.45) is 0. The van der Waals surface area contributed by atoms with Crippen LogP contribution in [0.4, 0.5) is 10.1 Å². The summed E-state index contributed by atoms with van der Waals surface area (Å²) in [4.78, 5) is 0. The number of hydrazone groups is 1. The molecular formula is C10H4FN5. The number of benzene rings is 1. The van der Waals surface area contributed by atoms with Crippen molar-refractivity contribution in [1.29, 1.82) is 15.8 Å². The van der Waals surface area contributed by atoms with Gasteiger partial charge in [0.25, 0.3) is 0 Å². The van der Waals surface area contributed by atoms with Crippen LogP contribution in [-0.4, -0.2) is 5.71 Å². The van der Waals surface area contributed by atoms with Crippen molar-refractivity contribution < 1.29 is 4.39 Å². The van der Waals surface area contributed by atoms with Crippen LogP contribution in [-0.2, 0) is 0 Å². The van der Waals surface area contributed by atoms with Crippen molar-refractivity contribution in [2.24, 2.45) is 5.10 Å². The standard InChI is InChI=1S/C10H4FN5/c11-10-2-1-8(3-7(10)4-12)15-16-9(5-13)6-14/h1-3,15H. The number of halogens is 1. The van der Waals surface area contributed by atoms with E-state index in [9.17, 15) is 4.39 Å². The lowest BCUT2D eigenvalue weighted by Crippen LogP contribution is -1.97. The molecule has 0 spiro atoms. The molecule has 0 saturated heterocycles. The molecule has 6 heteroatoms.